The molecular formula is C18H23NO3S. The van der Waals surface area contributed by atoms with E-state index in [0.29, 0.717) is 16.5 Å². The van der Waals surface area contributed by atoms with Crippen LogP contribution in [-0.2, 0) is 4.79 Å². The summed E-state index contributed by atoms with van der Waals surface area (Å²) in [6.07, 6.45) is 3.86. The Morgan fingerprint density at radius 2 is 1.96 bits per heavy atom. The molecule has 0 bridgehead atoms. The summed E-state index contributed by atoms with van der Waals surface area (Å²) in [4.78, 5) is 24.6. The second-order valence-electron chi connectivity index (χ2n) is 6.53. The molecule has 1 saturated carbocycles. The van der Waals surface area contributed by atoms with Crippen LogP contribution in [0, 0.1) is 29.6 Å². The number of carboxylic acids is 1. The molecule has 1 aromatic heterocycles. The van der Waals surface area contributed by atoms with Gasteiger partial charge in [-0.05, 0) is 37.7 Å². The molecular weight excluding hydrogens is 310 g/mol. The predicted molar refractivity (Wildman–Crippen MR) is 92.7 cm³/mol. The lowest BCUT2D eigenvalue weighted by molar-refractivity contribution is -0.121. The van der Waals surface area contributed by atoms with Crippen molar-refractivity contribution in [2.45, 2.75) is 46.5 Å². The average Bonchev–Trinajstić information content (AvgIpc) is 2.89. The zero-order chi connectivity index (χ0) is 17.0. The van der Waals surface area contributed by atoms with Crippen LogP contribution in [0.5, 0.6) is 0 Å². The number of nitrogens with one attached hydrogen (secondary N) is 1. The summed E-state index contributed by atoms with van der Waals surface area (Å²) in [7, 11) is 0. The van der Waals surface area contributed by atoms with Gasteiger partial charge >= 0.3 is 5.97 Å². The van der Waals surface area contributed by atoms with Crippen LogP contribution in [0.15, 0.2) is 6.07 Å². The van der Waals surface area contributed by atoms with Crippen LogP contribution in [0.3, 0.4) is 0 Å². The molecule has 0 atom stereocenters. The van der Waals surface area contributed by atoms with Gasteiger partial charge in [0.25, 0.3) is 0 Å². The molecule has 0 saturated heterocycles. The number of carbonyl (C=O) groups excluding carboxylic acids is 1. The third kappa shape index (κ3) is 4.84. The molecule has 0 aromatic carbocycles. The van der Waals surface area contributed by atoms with E-state index in [1.165, 1.54) is 0 Å². The van der Waals surface area contributed by atoms with Gasteiger partial charge in [-0.25, -0.2) is 4.79 Å². The van der Waals surface area contributed by atoms with Crippen molar-refractivity contribution in [1.82, 2.24) is 0 Å². The summed E-state index contributed by atoms with van der Waals surface area (Å²) in [5.41, 5.74) is 0.374. The normalized spacial score (nSPS) is 20.7. The number of hydrogen-bond acceptors (Lipinski definition) is 3. The fourth-order valence-electron chi connectivity index (χ4n) is 2.68. The van der Waals surface area contributed by atoms with Crippen LogP contribution in [-0.4, -0.2) is 17.0 Å². The van der Waals surface area contributed by atoms with E-state index in [-0.39, 0.29) is 22.6 Å². The van der Waals surface area contributed by atoms with E-state index in [1.54, 1.807) is 6.07 Å². The van der Waals surface area contributed by atoms with Gasteiger partial charge in [0, 0.05) is 11.8 Å². The van der Waals surface area contributed by atoms with E-state index in [0.717, 1.165) is 37.0 Å². The lowest BCUT2D eigenvalue weighted by Gasteiger charge is -2.25. The topological polar surface area (TPSA) is 66.4 Å². The van der Waals surface area contributed by atoms with Gasteiger partial charge in [0.15, 0.2) is 0 Å². The van der Waals surface area contributed by atoms with Crippen molar-refractivity contribution in [3.63, 3.8) is 0 Å². The van der Waals surface area contributed by atoms with Crippen LogP contribution < -0.4 is 5.32 Å². The zero-order valence-corrected chi connectivity index (χ0v) is 14.6. The molecule has 0 spiro atoms. The largest absolute Gasteiger partial charge is 0.477 e. The number of rotatable bonds is 3. The van der Waals surface area contributed by atoms with E-state index in [2.05, 4.69) is 24.1 Å². The molecule has 0 unspecified atom stereocenters. The van der Waals surface area contributed by atoms with Crippen molar-refractivity contribution in [2.75, 3.05) is 5.32 Å². The molecule has 23 heavy (non-hydrogen) atoms. The Bertz CT molecular complexity index is 643. The highest BCUT2D eigenvalue weighted by Crippen LogP contribution is 2.31. The summed E-state index contributed by atoms with van der Waals surface area (Å²) < 4.78 is 0. The Morgan fingerprint density at radius 1 is 1.30 bits per heavy atom. The molecule has 1 aliphatic carbocycles. The van der Waals surface area contributed by atoms with Gasteiger partial charge in [0.1, 0.15) is 4.88 Å². The maximum atomic E-state index is 12.4. The Hall–Kier alpha value is -1.80. The van der Waals surface area contributed by atoms with Gasteiger partial charge in [-0.3, -0.25) is 4.79 Å². The van der Waals surface area contributed by atoms with Crippen molar-refractivity contribution >= 4 is 28.9 Å². The van der Waals surface area contributed by atoms with Gasteiger partial charge in [-0.1, -0.05) is 32.6 Å². The fourth-order valence-corrected chi connectivity index (χ4v) is 3.49. The van der Waals surface area contributed by atoms with E-state index in [9.17, 15) is 14.7 Å². The van der Waals surface area contributed by atoms with Gasteiger partial charge < -0.3 is 10.4 Å². The standard InChI is InChI=1S/C18H23NO3S/c1-11(2)4-9-14-10-15(16(23-14)18(21)22)19-17(20)13-7-5-12(3)6-8-13/h10-13H,5-8H2,1-3H3,(H,19,20)(H,21,22). The molecule has 1 aromatic rings. The minimum Gasteiger partial charge on any atom is -0.477 e. The number of aromatic carboxylic acids is 1. The summed E-state index contributed by atoms with van der Waals surface area (Å²) in [5, 5.41) is 12.1. The highest BCUT2D eigenvalue weighted by Gasteiger charge is 2.26. The van der Waals surface area contributed by atoms with E-state index >= 15 is 0 Å². The molecule has 5 heteroatoms. The van der Waals surface area contributed by atoms with Gasteiger partial charge in [0.2, 0.25) is 5.91 Å². The van der Waals surface area contributed by atoms with Crippen molar-refractivity contribution in [3.05, 3.63) is 15.8 Å². The first-order valence-electron chi connectivity index (χ1n) is 8.06. The number of amides is 1. The summed E-state index contributed by atoms with van der Waals surface area (Å²) in [6, 6.07) is 1.67. The smallest absolute Gasteiger partial charge is 0.348 e. The molecule has 0 radical (unpaired) electrons. The number of thiophene rings is 1. The first kappa shape index (κ1) is 17.6. The van der Waals surface area contributed by atoms with Crippen molar-refractivity contribution in [1.29, 1.82) is 0 Å². The summed E-state index contributed by atoms with van der Waals surface area (Å²) in [6.45, 7) is 6.16. The number of hydrogen-bond donors (Lipinski definition) is 2. The van der Waals surface area contributed by atoms with Crippen LogP contribution in [0.25, 0.3) is 0 Å². The molecule has 0 aliphatic heterocycles. The Morgan fingerprint density at radius 3 is 2.52 bits per heavy atom. The Labute approximate surface area is 141 Å². The molecule has 1 heterocycles. The second kappa shape index (κ2) is 7.65. The predicted octanol–water partition coefficient (Wildman–Crippen LogP) is 4.22. The third-order valence-electron chi connectivity index (χ3n) is 4.05. The van der Waals surface area contributed by atoms with Crippen molar-refractivity contribution in [3.8, 4) is 11.8 Å². The van der Waals surface area contributed by atoms with Crippen molar-refractivity contribution in [2.24, 2.45) is 17.8 Å². The van der Waals surface area contributed by atoms with Crippen LogP contribution in [0.4, 0.5) is 5.69 Å². The fraction of sp³-hybridized carbons (Fsp3) is 0.556. The zero-order valence-electron chi connectivity index (χ0n) is 13.8. The maximum Gasteiger partial charge on any atom is 0.348 e. The molecule has 1 fully saturated rings. The van der Waals surface area contributed by atoms with Gasteiger partial charge in [-0.2, -0.15) is 0 Å². The Balaban J connectivity index is 2.13. The minimum atomic E-state index is -1.03. The maximum absolute atomic E-state index is 12.4. The molecule has 1 amide bonds. The quantitative estimate of drug-likeness (QED) is 0.814. The third-order valence-corrected chi connectivity index (χ3v) is 5.09. The average molecular weight is 333 g/mol. The molecule has 124 valence electrons. The highest BCUT2D eigenvalue weighted by molar-refractivity contribution is 7.15. The SMILES string of the molecule is CC(C)C#Cc1cc(NC(=O)C2CCC(C)CC2)c(C(=O)O)s1. The number of carbonyl (C=O) groups is 2. The van der Waals surface area contributed by atoms with Crippen LogP contribution in [0.2, 0.25) is 0 Å². The van der Waals surface area contributed by atoms with E-state index in [4.69, 9.17) is 0 Å². The van der Waals surface area contributed by atoms with Crippen LogP contribution >= 0.6 is 11.3 Å². The summed E-state index contributed by atoms with van der Waals surface area (Å²) in [5.74, 6) is 5.77. The number of anilines is 1. The first-order chi connectivity index (χ1) is 10.9. The Kier molecular flexibility index (Phi) is 5.84. The van der Waals surface area contributed by atoms with Gasteiger partial charge in [0.05, 0.1) is 10.6 Å². The molecule has 4 nitrogen and oxygen atoms in total. The monoisotopic (exact) mass is 333 g/mol. The molecule has 1 aliphatic rings. The molecule has 2 N–H and O–H groups in total. The lowest BCUT2D eigenvalue weighted by Crippen LogP contribution is -2.27. The second-order valence-corrected chi connectivity index (χ2v) is 7.58. The van der Waals surface area contributed by atoms with E-state index < -0.39 is 5.97 Å². The lowest BCUT2D eigenvalue weighted by atomic mass is 9.82. The summed E-state index contributed by atoms with van der Waals surface area (Å²) >= 11 is 1.11. The first-order valence-corrected chi connectivity index (χ1v) is 8.88. The van der Waals surface area contributed by atoms with Crippen molar-refractivity contribution < 1.29 is 14.7 Å². The minimum absolute atomic E-state index is 0.0158. The number of carboxylic acid groups (broad SMARTS) is 1. The van der Waals surface area contributed by atoms with Crippen LogP contribution in [0.1, 0.15) is 61.0 Å². The van der Waals surface area contributed by atoms with E-state index in [1.807, 2.05) is 13.8 Å². The highest BCUT2D eigenvalue weighted by atomic mass is 32.1. The van der Waals surface area contributed by atoms with Gasteiger partial charge in [-0.15, -0.1) is 11.3 Å². The molecule has 2 rings (SSSR count).